The van der Waals surface area contributed by atoms with Crippen LogP contribution in [-0.2, 0) is 4.79 Å². The summed E-state index contributed by atoms with van der Waals surface area (Å²) in [6.45, 7) is 0. The molecule has 0 radical (unpaired) electrons. The minimum atomic E-state index is -2.24. The molecule has 122 valence electrons. The number of benzene rings is 1. The van der Waals surface area contributed by atoms with Crippen molar-refractivity contribution in [2.24, 2.45) is 5.92 Å². The summed E-state index contributed by atoms with van der Waals surface area (Å²) in [4.78, 5) is 11.6. The molecular formula is C14H15F5N2O. The minimum Gasteiger partial charge on any atom is -0.293 e. The maximum atomic E-state index is 13.3. The van der Waals surface area contributed by atoms with E-state index in [9.17, 15) is 26.7 Å². The largest absolute Gasteiger partial charge is 0.293 e. The lowest BCUT2D eigenvalue weighted by molar-refractivity contribution is -0.120. The van der Waals surface area contributed by atoms with Gasteiger partial charge in [-0.3, -0.25) is 15.6 Å². The molecule has 2 N–H and O–H groups in total. The first-order valence-electron chi connectivity index (χ1n) is 6.98. The second-order valence-corrected chi connectivity index (χ2v) is 5.31. The number of nitrogens with one attached hydrogen (secondary N) is 2. The third kappa shape index (κ3) is 3.48. The number of hydrazine groups is 1. The zero-order valence-electron chi connectivity index (χ0n) is 11.6. The van der Waals surface area contributed by atoms with Gasteiger partial charge in [0.1, 0.15) is 5.69 Å². The quantitative estimate of drug-likeness (QED) is 0.375. The van der Waals surface area contributed by atoms with Crippen molar-refractivity contribution in [2.75, 3.05) is 5.43 Å². The summed E-state index contributed by atoms with van der Waals surface area (Å²) in [6.07, 6.45) is 5.07. The van der Waals surface area contributed by atoms with Gasteiger partial charge in [-0.05, 0) is 12.3 Å². The third-order valence-corrected chi connectivity index (χ3v) is 3.79. The minimum absolute atomic E-state index is 0.118. The lowest BCUT2D eigenvalue weighted by Crippen LogP contribution is -2.31. The van der Waals surface area contributed by atoms with E-state index in [1.165, 1.54) is 0 Å². The zero-order valence-corrected chi connectivity index (χ0v) is 11.6. The van der Waals surface area contributed by atoms with Gasteiger partial charge in [0.2, 0.25) is 11.7 Å². The van der Waals surface area contributed by atoms with Crippen LogP contribution < -0.4 is 10.9 Å². The third-order valence-electron chi connectivity index (χ3n) is 3.79. The Balaban J connectivity index is 1.95. The first-order chi connectivity index (χ1) is 10.4. The van der Waals surface area contributed by atoms with E-state index >= 15 is 0 Å². The van der Waals surface area contributed by atoms with Gasteiger partial charge >= 0.3 is 0 Å². The predicted molar refractivity (Wildman–Crippen MR) is 69.2 cm³/mol. The molecule has 0 spiro atoms. The maximum absolute atomic E-state index is 13.3. The second-order valence-electron chi connectivity index (χ2n) is 5.31. The van der Waals surface area contributed by atoms with Gasteiger partial charge in [-0.1, -0.05) is 25.7 Å². The van der Waals surface area contributed by atoms with Crippen molar-refractivity contribution in [3.05, 3.63) is 29.1 Å². The summed E-state index contributed by atoms with van der Waals surface area (Å²) in [5.41, 5.74) is 2.45. The normalized spacial score (nSPS) is 15.1. The molecule has 1 saturated carbocycles. The Kier molecular flexibility index (Phi) is 5.20. The summed E-state index contributed by atoms with van der Waals surface area (Å²) < 4.78 is 65.5. The number of carbonyl (C=O) groups excluding carboxylic acids is 1. The second kappa shape index (κ2) is 6.93. The van der Waals surface area contributed by atoms with E-state index in [0.29, 0.717) is 12.3 Å². The Labute approximate surface area is 123 Å². The van der Waals surface area contributed by atoms with Crippen molar-refractivity contribution in [2.45, 2.75) is 38.5 Å². The van der Waals surface area contributed by atoms with Crippen molar-refractivity contribution in [3.63, 3.8) is 0 Å². The molecule has 0 heterocycles. The number of hydrogen-bond donors (Lipinski definition) is 2. The van der Waals surface area contributed by atoms with Gasteiger partial charge in [-0.25, -0.2) is 22.0 Å². The molecule has 8 heteroatoms. The SMILES string of the molecule is O=C(CCC1CCCC1)NNc1c(F)c(F)c(F)c(F)c1F. The van der Waals surface area contributed by atoms with E-state index < -0.39 is 40.7 Å². The molecule has 1 aliphatic carbocycles. The van der Waals surface area contributed by atoms with Crippen molar-refractivity contribution in [3.8, 4) is 0 Å². The lowest BCUT2D eigenvalue weighted by Gasteiger charge is -2.13. The van der Waals surface area contributed by atoms with Crippen LogP contribution in [0.4, 0.5) is 27.6 Å². The molecule has 22 heavy (non-hydrogen) atoms. The molecular weight excluding hydrogens is 307 g/mol. The van der Waals surface area contributed by atoms with Gasteiger partial charge in [0, 0.05) is 6.42 Å². The van der Waals surface area contributed by atoms with Crippen LogP contribution in [0.15, 0.2) is 0 Å². The molecule has 0 unspecified atom stereocenters. The van der Waals surface area contributed by atoms with Crippen LogP contribution in [0.1, 0.15) is 38.5 Å². The summed E-state index contributed by atoms with van der Waals surface area (Å²) >= 11 is 0. The van der Waals surface area contributed by atoms with Crippen molar-refractivity contribution < 1.29 is 26.7 Å². The number of amides is 1. The van der Waals surface area contributed by atoms with Crippen LogP contribution in [-0.4, -0.2) is 5.91 Å². The van der Waals surface area contributed by atoms with Crippen LogP contribution in [0.2, 0.25) is 0 Å². The topological polar surface area (TPSA) is 41.1 Å². The average Bonchev–Trinajstić information content (AvgIpc) is 3.02. The van der Waals surface area contributed by atoms with Crippen LogP contribution in [0.5, 0.6) is 0 Å². The van der Waals surface area contributed by atoms with Crippen molar-refractivity contribution in [1.29, 1.82) is 0 Å². The Hall–Kier alpha value is -1.86. The molecule has 1 aromatic carbocycles. The summed E-state index contributed by atoms with van der Waals surface area (Å²) in [5.74, 6) is -10.5. The van der Waals surface area contributed by atoms with Gasteiger partial charge in [0.25, 0.3) is 0 Å². The molecule has 0 saturated heterocycles. The highest BCUT2D eigenvalue weighted by molar-refractivity contribution is 5.77. The fourth-order valence-electron chi connectivity index (χ4n) is 2.54. The number of anilines is 1. The summed E-state index contributed by atoms with van der Waals surface area (Å²) in [6, 6.07) is 0. The van der Waals surface area contributed by atoms with Gasteiger partial charge in [-0.15, -0.1) is 0 Å². The fraction of sp³-hybridized carbons (Fsp3) is 0.500. The predicted octanol–water partition coefficient (Wildman–Crippen LogP) is 3.80. The Morgan fingerprint density at radius 3 is 1.95 bits per heavy atom. The molecule has 2 rings (SSSR count). The monoisotopic (exact) mass is 322 g/mol. The highest BCUT2D eigenvalue weighted by Crippen LogP contribution is 2.29. The van der Waals surface area contributed by atoms with E-state index in [0.717, 1.165) is 25.7 Å². The summed E-state index contributed by atoms with van der Waals surface area (Å²) in [7, 11) is 0. The van der Waals surface area contributed by atoms with Gasteiger partial charge in [0.15, 0.2) is 23.3 Å². The van der Waals surface area contributed by atoms with Gasteiger partial charge < -0.3 is 0 Å². The van der Waals surface area contributed by atoms with Crippen molar-refractivity contribution >= 4 is 11.6 Å². The molecule has 0 aliphatic heterocycles. The first-order valence-corrected chi connectivity index (χ1v) is 6.98. The van der Waals surface area contributed by atoms with E-state index in [1.807, 2.05) is 5.43 Å². The average molecular weight is 322 g/mol. The van der Waals surface area contributed by atoms with Crippen LogP contribution in [0.25, 0.3) is 0 Å². The standard InChI is InChI=1S/C14H15F5N2O/c15-9-10(16)12(18)14(13(19)11(9)17)21-20-8(22)6-5-7-3-1-2-4-7/h7,21H,1-6H2,(H,20,22). The van der Waals surface area contributed by atoms with Crippen LogP contribution in [0, 0.1) is 35.0 Å². The Morgan fingerprint density at radius 1 is 0.909 bits per heavy atom. The molecule has 0 aromatic heterocycles. The number of carbonyl (C=O) groups is 1. The van der Waals surface area contributed by atoms with Gasteiger partial charge in [-0.2, -0.15) is 0 Å². The molecule has 1 fully saturated rings. The fourth-order valence-corrected chi connectivity index (χ4v) is 2.54. The lowest BCUT2D eigenvalue weighted by atomic mass is 10.0. The van der Waals surface area contributed by atoms with Gasteiger partial charge in [0.05, 0.1) is 0 Å². The molecule has 3 nitrogen and oxygen atoms in total. The molecule has 1 aromatic rings. The number of hydrogen-bond acceptors (Lipinski definition) is 2. The highest BCUT2D eigenvalue weighted by Gasteiger charge is 2.26. The Bertz CT molecular complexity index is 544. The number of rotatable bonds is 5. The molecule has 1 aliphatic rings. The smallest absolute Gasteiger partial charge is 0.238 e. The first kappa shape index (κ1) is 16.5. The van der Waals surface area contributed by atoms with E-state index in [1.54, 1.807) is 5.43 Å². The van der Waals surface area contributed by atoms with E-state index in [2.05, 4.69) is 0 Å². The summed E-state index contributed by atoms with van der Waals surface area (Å²) in [5, 5.41) is 0. The number of halogens is 5. The molecule has 1 amide bonds. The maximum Gasteiger partial charge on any atom is 0.238 e. The molecule has 0 atom stereocenters. The highest BCUT2D eigenvalue weighted by atomic mass is 19.2. The van der Waals surface area contributed by atoms with Crippen LogP contribution >= 0.6 is 0 Å². The zero-order chi connectivity index (χ0) is 16.3. The van der Waals surface area contributed by atoms with Crippen molar-refractivity contribution in [1.82, 2.24) is 5.43 Å². The van der Waals surface area contributed by atoms with E-state index in [4.69, 9.17) is 0 Å². The van der Waals surface area contributed by atoms with Crippen LogP contribution in [0.3, 0.4) is 0 Å². The Morgan fingerprint density at radius 2 is 1.41 bits per heavy atom. The molecule has 0 bridgehead atoms. The van der Waals surface area contributed by atoms with E-state index in [-0.39, 0.29) is 6.42 Å².